The monoisotopic (exact) mass is 430 g/mol. The van der Waals surface area contributed by atoms with Crippen molar-refractivity contribution in [2.45, 2.75) is 45.2 Å². The van der Waals surface area contributed by atoms with Gasteiger partial charge in [-0.1, -0.05) is 55.5 Å². The molecule has 2 atom stereocenters. The number of fused-ring (bicyclic) bond motifs is 1. The Morgan fingerprint density at radius 2 is 1.62 bits per heavy atom. The van der Waals surface area contributed by atoms with E-state index in [-0.39, 0.29) is 36.1 Å². The minimum atomic E-state index is -0.322. The standard InChI is InChI=1S/C27H27FN2O2/c1-3-26(31)29-19(2)17-25(23-11-7-8-12-24(23)29)30(22-9-5-4-6-10-22)27(32)18-20-13-15-21(28)16-14-20/h4-16,19,25H,3,17-18H2,1-2H3/t19-,25+/m1/s1. The van der Waals surface area contributed by atoms with Gasteiger partial charge >= 0.3 is 0 Å². The molecule has 0 fully saturated rings. The molecule has 0 unspecified atom stereocenters. The highest BCUT2D eigenvalue weighted by molar-refractivity contribution is 5.98. The Hall–Kier alpha value is -3.47. The van der Waals surface area contributed by atoms with E-state index in [1.807, 2.05) is 78.2 Å². The lowest BCUT2D eigenvalue weighted by Crippen LogP contribution is -2.48. The van der Waals surface area contributed by atoms with Crippen molar-refractivity contribution < 1.29 is 14.0 Å². The van der Waals surface area contributed by atoms with Crippen LogP contribution in [-0.4, -0.2) is 17.9 Å². The van der Waals surface area contributed by atoms with Crippen LogP contribution in [0.5, 0.6) is 0 Å². The van der Waals surface area contributed by atoms with Crippen LogP contribution in [0.25, 0.3) is 0 Å². The van der Waals surface area contributed by atoms with Crippen LogP contribution in [0.1, 0.15) is 43.9 Å². The second-order valence-electron chi connectivity index (χ2n) is 8.18. The number of para-hydroxylation sites is 2. The van der Waals surface area contributed by atoms with Crippen LogP contribution in [0, 0.1) is 5.82 Å². The number of nitrogens with zero attached hydrogens (tertiary/aromatic N) is 2. The van der Waals surface area contributed by atoms with Gasteiger partial charge in [-0.2, -0.15) is 0 Å². The third-order valence-electron chi connectivity index (χ3n) is 6.01. The fourth-order valence-corrected chi connectivity index (χ4v) is 4.53. The van der Waals surface area contributed by atoms with Crippen LogP contribution in [0.15, 0.2) is 78.9 Å². The molecule has 0 N–H and O–H groups in total. The van der Waals surface area contributed by atoms with E-state index in [0.29, 0.717) is 12.8 Å². The molecule has 4 nitrogen and oxygen atoms in total. The molecule has 1 aliphatic heterocycles. The van der Waals surface area contributed by atoms with Crippen LogP contribution in [-0.2, 0) is 16.0 Å². The first-order valence-corrected chi connectivity index (χ1v) is 11.0. The van der Waals surface area contributed by atoms with Crippen molar-refractivity contribution in [2.24, 2.45) is 0 Å². The molecule has 32 heavy (non-hydrogen) atoms. The molecule has 0 saturated heterocycles. The zero-order valence-electron chi connectivity index (χ0n) is 18.4. The highest BCUT2D eigenvalue weighted by Crippen LogP contribution is 2.42. The van der Waals surface area contributed by atoms with Crippen LogP contribution in [0.2, 0.25) is 0 Å². The van der Waals surface area contributed by atoms with Gasteiger partial charge in [0.25, 0.3) is 0 Å². The summed E-state index contributed by atoms with van der Waals surface area (Å²) in [5, 5.41) is 0. The molecule has 4 rings (SSSR count). The van der Waals surface area contributed by atoms with Gasteiger partial charge < -0.3 is 9.80 Å². The van der Waals surface area contributed by atoms with Gasteiger partial charge in [0, 0.05) is 23.8 Å². The maximum absolute atomic E-state index is 13.6. The Labute approximate surface area is 188 Å². The summed E-state index contributed by atoms with van der Waals surface area (Å²) < 4.78 is 13.4. The summed E-state index contributed by atoms with van der Waals surface area (Å²) in [7, 11) is 0. The van der Waals surface area contributed by atoms with Crippen molar-refractivity contribution in [2.75, 3.05) is 9.80 Å². The quantitative estimate of drug-likeness (QED) is 0.523. The summed E-state index contributed by atoms with van der Waals surface area (Å²) in [5.41, 5.74) is 3.39. The Morgan fingerprint density at radius 3 is 2.31 bits per heavy atom. The lowest BCUT2D eigenvalue weighted by atomic mass is 9.89. The highest BCUT2D eigenvalue weighted by Gasteiger charge is 2.38. The molecule has 5 heteroatoms. The van der Waals surface area contributed by atoms with Gasteiger partial charge in [-0.05, 0) is 54.8 Å². The minimum Gasteiger partial charge on any atom is -0.309 e. The third-order valence-corrected chi connectivity index (χ3v) is 6.01. The minimum absolute atomic E-state index is 0.0489. The summed E-state index contributed by atoms with van der Waals surface area (Å²) in [6, 6.07) is 23.2. The zero-order chi connectivity index (χ0) is 22.7. The second kappa shape index (κ2) is 9.35. The van der Waals surface area contributed by atoms with Gasteiger partial charge in [0.1, 0.15) is 5.82 Å². The van der Waals surface area contributed by atoms with Crippen LogP contribution in [0.4, 0.5) is 15.8 Å². The number of amides is 2. The van der Waals surface area contributed by atoms with E-state index < -0.39 is 0 Å². The largest absolute Gasteiger partial charge is 0.309 e. The SMILES string of the molecule is CCC(=O)N1c2ccccc2[C@@H](N(C(=O)Cc2ccc(F)cc2)c2ccccc2)C[C@H]1C. The molecule has 1 heterocycles. The summed E-state index contributed by atoms with van der Waals surface area (Å²) in [6.07, 6.45) is 1.22. The van der Waals surface area contributed by atoms with E-state index in [2.05, 4.69) is 0 Å². The fourth-order valence-electron chi connectivity index (χ4n) is 4.53. The third kappa shape index (κ3) is 4.28. The number of hydrogen-bond donors (Lipinski definition) is 0. The van der Waals surface area contributed by atoms with Crippen molar-refractivity contribution in [1.82, 2.24) is 0 Å². The number of anilines is 2. The molecular formula is C27H27FN2O2. The maximum atomic E-state index is 13.6. The lowest BCUT2D eigenvalue weighted by molar-refractivity contribution is -0.118. The summed E-state index contributed by atoms with van der Waals surface area (Å²) in [5.74, 6) is -0.311. The molecule has 2 amide bonds. The molecule has 164 valence electrons. The number of carbonyl (C=O) groups excluding carboxylic acids is 2. The van der Waals surface area contributed by atoms with Crippen molar-refractivity contribution in [1.29, 1.82) is 0 Å². The van der Waals surface area contributed by atoms with Gasteiger partial charge in [-0.3, -0.25) is 9.59 Å². The molecular weight excluding hydrogens is 403 g/mol. The van der Waals surface area contributed by atoms with Gasteiger partial charge in [-0.15, -0.1) is 0 Å². The summed E-state index contributed by atoms with van der Waals surface area (Å²) in [6.45, 7) is 3.90. The summed E-state index contributed by atoms with van der Waals surface area (Å²) >= 11 is 0. The average molecular weight is 431 g/mol. The maximum Gasteiger partial charge on any atom is 0.231 e. The first-order valence-electron chi connectivity index (χ1n) is 11.0. The van der Waals surface area contributed by atoms with Crippen LogP contribution < -0.4 is 9.80 Å². The molecule has 1 aliphatic rings. The van der Waals surface area contributed by atoms with Crippen molar-refractivity contribution >= 4 is 23.2 Å². The number of halogens is 1. The first kappa shape index (κ1) is 21.8. The second-order valence-corrected chi connectivity index (χ2v) is 8.18. The van der Waals surface area contributed by atoms with Gasteiger partial charge in [-0.25, -0.2) is 4.39 Å². The Balaban J connectivity index is 1.76. The van der Waals surface area contributed by atoms with E-state index in [1.54, 1.807) is 12.1 Å². The molecule has 0 aliphatic carbocycles. The fraction of sp³-hybridized carbons (Fsp3) is 0.259. The molecule has 3 aromatic rings. The van der Waals surface area contributed by atoms with E-state index in [0.717, 1.165) is 22.5 Å². The zero-order valence-corrected chi connectivity index (χ0v) is 18.4. The number of benzene rings is 3. The van der Waals surface area contributed by atoms with E-state index in [4.69, 9.17) is 0 Å². The topological polar surface area (TPSA) is 40.6 Å². The predicted molar refractivity (Wildman–Crippen MR) is 125 cm³/mol. The highest BCUT2D eigenvalue weighted by atomic mass is 19.1. The Morgan fingerprint density at radius 1 is 0.969 bits per heavy atom. The van der Waals surface area contributed by atoms with Gasteiger partial charge in [0.15, 0.2) is 0 Å². The molecule has 3 aromatic carbocycles. The predicted octanol–water partition coefficient (Wildman–Crippen LogP) is 5.68. The molecule has 0 aromatic heterocycles. The van der Waals surface area contributed by atoms with E-state index >= 15 is 0 Å². The van der Waals surface area contributed by atoms with E-state index in [1.165, 1.54) is 12.1 Å². The van der Waals surface area contributed by atoms with Crippen LogP contribution >= 0.6 is 0 Å². The number of carbonyl (C=O) groups is 2. The first-order chi connectivity index (χ1) is 15.5. The molecule has 0 radical (unpaired) electrons. The van der Waals surface area contributed by atoms with Crippen molar-refractivity contribution in [3.8, 4) is 0 Å². The smallest absolute Gasteiger partial charge is 0.231 e. The van der Waals surface area contributed by atoms with Crippen molar-refractivity contribution in [3.63, 3.8) is 0 Å². The Kier molecular flexibility index (Phi) is 6.35. The van der Waals surface area contributed by atoms with Crippen molar-refractivity contribution in [3.05, 3.63) is 95.8 Å². The Bertz CT molecular complexity index is 1100. The lowest BCUT2D eigenvalue weighted by Gasteiger charge is -2.43. The van der Waals surface area contributed by atoms with Gasteiger partial charge in [0.05, 0.1) is 12.5 Å². The molecule has 0 spiro atoms. The van der Waals surface area contributed by atoms with Gasteiger partial charge in [0.2, 0.25) is 11.8 Å². The van der Waals surface area contributed by atoms with E-state index in [9.17, 15) is 14.0 Å². The number of rotatable bonds is 5. The molecule has 0 bridgehead atoms. The van der Waals surface area contributed by atoms with Crippen LogP contribution in [0.3, 0.4) is 0 Å². The average Bonchev–Trinajstić information content (AvgIpc) is 2.81. The summed E-state index contributed by atoms with van der Waals surface area (Å²) in [4.78, 5) is 30.0. The number of hydrogen-bond acceptors (Lipinski definition) is 2. The molecule has 0 saturated carbocycles. The normalized spacial score (nSPS) is 17.5.